The van der Waals surface area contributed by atoms with E-state index in [1.54, 1.807) is 13.8 Å². The molecule has 0 aliphatic heterocycles. The third-order valence-electron chi connectivity index (χ3n) is 2.40. The second-order valence-corrected chi connectivity index (χ2v) is 4.58. The second kappa shape index (κ2) is 6.40. The fraction of sp³-hybridized carbons (Fsp3) is 0.385. The van der Waals surface area contributed by atoms with Crippen molar-refractivity contribution in [3.8, 4) is 0 Å². The molecule has 1 amide bonds. The van der Waals surface area contributed by atoms with Crippen LogP contribution in [0.2, 0.25) is 0 Å². The van der Waals surface area contributed by atoms with E-state index < -0.39 is 11.3 Å². The average Bonchev–Trinajstić information content (AvgIpc) is 2.29. The molecule has 0 saturated carbocycles. The normalized spacial score (nSPS) is 12.2. The zero-order chi connectivity index (χ0) is 12.8. The van der Waals surface area contributed by atoms with Gasteiger partial charge in [-0.15, -0.1) is 0 Å². The van der Waals surface area contributed by atoms with Gasteiger partial charge in [-0.05, 0) is 17.2 Å². The molecule has 1 aromatic carbocycles. The molecule has 0 heterocycles. The van der Waals surface area contributed by atoms with Crippen LogP contribution in [0.25, 0.3) is 0 Å². The summed E-state index contributed by atoms with van der Waals surface area (Å²) < 4.78 is 0. The number of amides is 1. The molecule has 1 atom stereocenters. The molecule has 0 aromatic heterocycles. The van der Waals surface area contributed by atoms with Crippen LogP contribution in [0.3, 0.4) is 0 Å². The Morgan fingerprint density at radius 2 is 1.82 bits per heavy atom. The van der Waals surface area contributed by atoms with Gasteiger partial charge in [0.25, 0.3) is 0 Å². The van der Waals surface area contributed by atoms with E-state index in [-0.39, 0.29) is 11.8 Å². The predicted octanol–water partition coefficient (Wildman–Crippen LogP) is 2.14. The van der Waals surface area contributed by atoms with Crippen molar-refractivity contribution in [1.29, 1.82) is 0 Å². The summed E-state index contributed by atoms with van der Waals surface area (Å²) in [7, 11) is 0. The van der Waals surface area contributed by atoms with Crippen LogP contribution in [0.1, 0.15) is 19.4 Å². The number of hydrogen-bond donors (Lipinski definition) is 1. The van der Waals surface area contributed by atoms with Crippen LogP contribution in [0.15, 0.2) is 30.3 Å². The lowest BCUT2D eigenvalue weighted by atomic mass is 10.1. The van der Waals surface area contributed by atoms with E-state index in [1.807, 2.05) is 30.3 Å². The van der Waals surface area contributed by atoms with Crippen molar-refractivity contribution in [3.63, 3.8) is 0 Å². The molecule has 3 nitrogen and oxygen atoms in total. The summed E-state index contributed by atoms with van der Waals surface area (Å²) in [4.78, 5) is 22.8. The minimum absolute atomic E-state index is 0.163. The standard InChI is InChI=1S/C13H16ClNO2/c1-9(2)13(17)15-11(12(14)16)8-10-6-4-3-5-7-10/h3-7,9,11H,8H2,1-2H3,(H,15,17). The summed E-state index contributed by atoms with van der Waals surface area (Å²) in [5.41, 5.74) is 0.968. The Labute approximate surface area is 106 Å². The number of hydrogen-bond acceptors (Lipinski definition) is 2. The number of rotatable bonds is 5. The summed E-state index contributed by atoms with van der Waals surface area (Å²) in [6.45, 7) is 3.54. The monoisotopic (exact) mass is 253 g/mol. The Bertz CT molecular complexity index is 390. The van der Waals surface area contributed by atoms with Gasteiger partial charge in [-0.2, -0.15) is 0 Å². The van der Waals surface area contributed by atoms with E-state index in [2.05, 4.69) is 5.32 Å². The molecule has 0 saturated heterocycles. The minimum Gasteiger partial charge on any atom is -0.344 e. The highest BCUT2D eigenvalue weighted by atomic mass is 35.5. The van der Waals surface area contributed by atoms with Crippen LogP contribution in [-0.2, 0) is 16.0 Å². The molecule has 0 fully saturated rings. The van der Waals surface area contributed by atoms with Crippen molar-refractivity contribution in [2.75, 3.05) is 0 Å². The van der Waals surface area contributed by atoms with E-state index in [4.69, 9.17) is 11.6 Å². The Kier molecular flexibility index (Phi) is 5.16. The number of carbonyl (C=O) groups excluding carboxylic acids is 2. The maximum Gasteiger partial charge on any atom is 0.244 e. The summed E-state index contributed by atoms with van der Waals surface area (Å²) in [6.07, 6.45) is 0.418. The zero-order valence-electron chi connectivity index (χ0n) is 9.94. The van der Waals surface area contributed by atoms with Crippen LogP contribution < -0.4 is 5.32 Å². The Hall–Kier alpha value is -1.35. The molecule has 4 heteroatoms. The van der Waals surface area contributed by atoms with E-state index in [0.29, 0.717) is 6.42 Å². The van der Waals surface area contributed by atoms with Crippen LogP contribution >= 0.6 is 11.6 Å². The van der Waals surface area contributed by atoms with Crippen molar-refractivity contribution >= 4 is 22.8 Å². The summed E-state index contributed by atoms with van der Waals surface area (Å²) in [5.74, 6) is -0.329. The van der Waals surface area contributed by atoms with Gasteiger partial charge in [-0.3, -0.25) is 9.59 Å². The molecule has 92 valence electrons. The van der Waals surface area contributed by atoms with Crippen LogP contribution in [0.4, 0.5) is 0 Å². The largest absolute Gasteiger partial charge is 0.344 e. The molecule has 0 bridgehead atoms. The maximum atomic E-state index is 11.5. The molecule has 1 rings (SSSR count). The first-order valence-corrected chi connectivity index (χ1v) is 5.92. The number of carbonyl (C=O) groups is 2. The van der Waals surface area contributed by atoms with E-state index in [9.17, 15) is 9.59 Å². The van der Waals surface area contributed by atoms with Gasteiger partial charge in [0.2, 0.25) is 11.1 Å². The Morgan fingerprint density at radius 3 is 2.29 bits per heavy atom. The molecule has 0 aliphatic rings. The fourth-order valence-corrected chi connectivity index (χ4v) is 1.51. The highest BCUT2D eigenvalue weighted by molar-refractivity contribution is 6.64. The maximum absolute atomic E-state index is 11.5. The smallest absolute Gasteiger partial charge is 0.244 e. The van der Waals surface area contributed by atoms with Crippen LogP contribution in [-0.4, -0.2) is 17.2 Å². The van der Waals surface area contributed by atoms with Crippen LogP contribution in [0.5, 0.6) is 0 Å². The van der Waals surface area contributed by atoms with E-state index in [1.165, 1.54) is 0 Å². The van der Waals surface area contributed by atoms with E-state index in [0.717, 1.165) is 5.56 Å². The fourth-order valence-electron chi connectivity index (χ4n) is 1.38. The van der Waals surface area contributed by atoms with Gasteiger partial charge in [0.1, 0.15) is 6.04 Å². The SMILES string of the molecule is CC(C)C(=O)NC(Cc1ccccc1)C(=O)Cl. The molecule has 1 aromatic rings. The van der Waals surface area contributed by atoms with Gasteiger partial charge in [-0.25, -0.2) is 0 Å². The van der Waals surface area contributed by atoms with Crippen molar-refractivity contribution in [1.82, 2.24) is 5.32 Å². The van der Waals surface area contributed by atoms with Gasteiger partial charge < -0.3 is 5.32 Å². The lowest BCUT2D eigenvalue weighted by Crippen LogP contribution is -2.42. The second-order valence-electron chi connectivity index (χ2n) is 4.21. The average molecular weight is 254 g/mol. The highest BCUT2D eigenvalue weighted by Gasteiger charge is 2.20. The molecule has 1 N–H and O–H groups in total. The van der Waals surface area contributed by atoms with Gasteiger partial charge in [-0.1, -0.05) is 44.2 Å². The minimum atomic E-state index is -0.658. The first kappa shape index (κ1) is 13.7. The molecule has 0 spiro atoms. The van der Waals surface area contributed by atoms with Gasteiger partial charge in [0, 0.05) is 12.3 Å². The highest BCUT2D eigenvalue weighted by Crippen LogP contribution is 2.06. The van der Waals surface area contributed by atoms with Gasteiger partial charge >= 0.3 is 0 Å². The molecular formula is C13H16ClNO2. The van der Waals surface area contributed by atoms with E-state index >= 15 is 0 Å². The molecule has 0 aliphatic carbocycles. The van der Waals surface area contributed by atoms with Gasteiger partial charge in [0.05, 0.1) is 0 Å². The molecule has 1 unspecified atom stereocenters. The zero-order valence-corrected chi connectivity index (χ0v) is 10.7. The predicted molar refractivity (Wildman–Crippen MR) is 67.8 cm³/mol. The number of halogens is 1. The number of benzene rings is 1. The van der Waals surface area contributed by atoms with Crippen molar-refractivity contribution in [2.45, 2.75) is 26.3 Å². The Morgan fingerprint density at radius 1 is 1.24 bits per heavy atom. The lowest BCUT2D eigenvalue weighted by molar-refractivity contribution is -0.127. The third-order valence-corrected chi connectivity index (χ3v) is 2.66. The Balaban J connectivity index is 2.68. The number of nitrogens with one attached hydrogen (secondary N) is 1. The molecule has 17 heavy (non-hydrogen) atoms. The van der Waals surface area contributed by atoms with Crippen LogP contribution in [0, 0.1) is 5.92 Å². The summed E-state index contributed by atoms with van der Waals surface area (Å²) in [6, 6.07) is 8.80. The molecule has 0 radical (unpaired) electrons. The first-order chi connectivity index (χ1) is 8.00. The first-order valence-electron chi connectivity index (χ1n) is 5.54. The van der Waals surface area contributed by atoms with Crippen molar-refractivity contribution in [3.05, 3.63) is 35.9 Å². The lowest BCUT2D eigenvalue weighted by Gasteiger charge is -2.16. The molecular weight excluding hydrogens is 238 g/mol. The summed E-state index contributed by atoms with van der Waals surface area (Å²) in [5, 5.41) is 2.10. The quantitative estimate of drug-likeness (QED) is 0.818. The van der Waals surface area contributed by atoms with Crippen molar-refractivity contribution < 1.29 is 9.59 Å². The third kappa shape index (κ3) is 4.57. The summed E-state index contributed by atoms with van der Waals surface area (Å²) >= 11 is 5.49. The topological polar surface area (TPSA) is 46.2 Å². The van der Waals surface area contributed by atoms with Crippen molar-refractivity contribution in [2.24, 2.45) is 5.92 Å². The van der Waals surface area contributed by atoms with Gasteiger partial charge in [0.15, 0.2) is 0 Å².